The van der Waals surface area contributed by atoms with E-state index in [4.69, 9.17) is 4.74 Å². The van der Waals surface area contributed by atoms with Gasteiger partial charge in [0.15, 0.2) is 0 Å². The molecule has 3 amide bonds. The minimum absolute atomic E-state index is 0.00759. The molecule has 3 aliphatic heterocycles. The lowest BCUT2D eigenvalue weighted by Crippen LogP contribution is -2.46. The quantitative estimate of drug-likeness (QED) is 0.303. The first-order valence-corrected chi connectivity index (χ1v) is 17.3. The number of hydrogen-bond donors (Lipinski definition) is 3. The number of nitrogens with zero attached hydrogens (tertiary/aromatic N) is 4. The Morgan fingerprint density at radius 1 is 0.696 bits per heavy atom. The average molecular weight is 654 g/mol. The normalized spacial score (nSPS) is 27.6. The van der Waals surface area contributed by atoms with Crippen molar-refractivity contribution in [3.05, 3.63) is 0 Å². The van der Waals surface area contributed by atoms with Crippen LogP contribution in [0.1, 0.15) is 66.2 Å². The predicted molar refractivity (Wildman–Crippen MR) is 185 cm³/mol. The molecular formula is C34H67N7O5. The van der Waals surface area contributed by atoms with Crippen molar-refractivity contribution < 1.29 is 23.9 Å². The first-order valence-electron chi connectivity index (χ1n) is 17.3. The number of amides is 3. The third-order valence-electron chi connectivity index (χ3n) is 9.11. The van der Waals surface area contributed by atoms with Crippen molar-refractivity contribution in [1.82, 2.24) is 35.6 Å². The fraction of sp³-hybridized carbons (Fsp3) is 0.882. The van der Waals surface area contributed by atoms with Crippen molar-refractivity contribution in [2.75, 3.05) is 94.8 Å². The van der Waals surface area contributed by atoms with Crippen LogP contribution in [0.2, 0.25) is 0 Å². The third-order valence-corrected chi connectivity index (χ3v) is 9.11. The molecule has 0 spiro atoms. The van der Waals surface area contributed by atoms with Crippen LogP contribution in [0.3, 0.4) is 0 Å². The van der Waals surface area contributed by atoms with Gasteiger partial charge in [0.2, 0.25) is 17.7 Å². The molecule has 0 aromatic carbocycles. The molecule has 6 atom stereocenters. The highest BCUT2D eigenvalue weighted by molar-refractivity contribution is 5.87. The molecule has 3 N–H and O–H groups in total. The molecule has 0 aromatic rings. The molecule has 0 bridgehead atoms. The minimum Gasteiger partial charge on any atom is -0.383 e. The molecule has 46 heavy (non-hydrogen) atoms. The van der Waals surface area contributed by atoms with Crippen LogP contribution in [0.5, 0.6) is 0 Å². The predicted octanol–water partition coefficient (Wildman–Crippen LogP) is 1.30. The van der Waals surface area contributed by atoms with Crippen LogP contribution in [0.4, 0.5) is 0 Å². The topological polar surface area (TPSA) is 127 Å². The third kappa shape index (κ3) is 15.2. The van der Waals surface area contributed by atoms with Crippen LogP contribution in [0.15, 0.2) is 0 Å². The molecule has 12 heteroatoms. The SMILES string of the molecule is CNC1CCC(C)CN(CC(C)=O)C1=O.CNC1CCC(C)CN(CCN(C)C)C1=O.CNC1CCC(C)CN(CCOC)C1=O. The van der Waals surface area contributed by atoms with Gasteiger partial charge in [0, 0.05) is 46.4 Å². The number of ether oxygens (including phenoxy) is 1. The maximum Gasteiger partial charge on any atom is 0.240 e. The fourth-order valence-corrected chi connectivity index (χ4v) is 6.20. The lowest BCUT2D eigenvalue weighted by atomic mass is 10.0. The van der Waals surface area contributed by atoms with Crippen LogP contribution >= 0.6 is 0 Å². The summed E-state index contributed by atoms with van der Waals surface area (Å²) < 4.78 is 5.02. The summed E-state index contributed by atoms with van der Waals surface area (Å²) in [6.07, 6.45) is 6.06. The van der Waals surface area contributed by atoms with E-state index in [0.717, 1.165) is 64.7 Å². The number of methoxy groups -OCH3 is 1. The largest absolute Gasteiger partial charge is 0.383 e. The van der Waals surface area contributed by atoms with E-state index < -0.39 is 0 Å². The number of rotatable bonds is 11. The second-order valence-corrected chi connectivity index (χ2v) is 13.9. The Morgan fingerprint density at radius 2 is 1.07 bits per heavy atom. The Bertz CT molecular complexity index is 920. The van der Waals surface area contributed by atoms with E-state index in [9.17, 15) is 19.2 Å². The zero-order valence-electron chi connectivity index (χ0n) is 30.7. The Balaban J connectivity index is 0.000000345. The van der Waals surface area contributed by atoms with Crippen molar-refractivity contribution >= 4 is 23.5 Å². The summed E-state index contributed by atoms with van der Waals surface area (Å²) in [5.41, 5.74) is 0. The molecule has 0 aromatic heterocycles. The Hall–Kier alpha value is -2.12. The van der Waals surface area contributed by atoms with Crippen LogP contribution in [-0.4, -0.2) is 156 Å². The van der Waals surface area contributed by atoms with Crippen molar-refractivity contribution in [1.29, 1.82) is 0 Å². The minimum atomic E-state index is -0.116. The van der Waals surface area contributed by atoms with E-state index in [0.29, 0.717) is 37.5 Å². The van der Waals surface area contributed by atoms with Gasteiger partial charge in [0.1, 0.15) is 5.78 Å². The lowest BCUT2D eigenvalue weighted by molar-refractivity contribution is -0.136. The highest BCUT2D eigenvalue weighted by Crippen LogP contribution is 2.19. The van der Waals surface area contributed by atoms with Gasteiger partial charge in [-0.25, -0.2) is 0 Å². The first-order chi connectivity index (χ1) is 21.8. The molecule has 0 radical (unpaired) electrons. The zero-order valence-corrected chi connectivity index (χ0v) is 30.7. The van der Waals surface area contributed by atoms with E-state index in [1.165, 1.54) is 6.92 Å². The molecule has 6 unspecified atom stereocenters. The van der Waals surface area contributed by atoms with Gasteiger partial charge in [-0.1, -0.05) is 20.8 Å². The van der Waals surface area contributed by atoms with E-state index in [1.54, 1.807) is 19.1 Å². The van der Waals surface area contributed by atoms with Crippen molar-refractivity contribution in [3.63, 3.8) is 0 Å². The van der Waals surface area contributed by atoms with Gasteiger partial charge in [-0.3, -0.25) is 19.2 Å². The van der Waals surface area contributed by atoms with E-state index in [1.807, 2.05) is 38.0 Å². The Labute approximate surface area is 279 Å². The van der Waals surface area contributed by atoms with Gasteiger partial charge in [-0.15, -0.1) is 0 Å². The van der Waals surface area contributed by atoms with Gasteiger partial charge in [0.05, 0.1) is 31.3 Å². The summed E-state index contributed by atoms with van der Waals surface area (Å²) >= 11 is 0. The number of nitrogens with one attached hydrogen (secondary N) is 3. The molecule has 3 fully saturated rings. The Kier molecular flexibility index (Phi) is 20.5. The fourth-order valence-electron chi connectivity index (χ4n) is 6.20. The van der Waals surface area contributed by atoms with Crippen LogP contribution < -0.4 is 16.0 Å². The molecular weight excluding hydrogens is 586 g/mol. The van der Waals surface area contributed by atoms with E-state index in [2.05, 4.69) is 41.6 Å². The lowest BCUT2D eigenvalue weighted by Gasteiger charge is -2.26. The van der Waals surface area contributed by atoms with Gasteiger partial charge < -0.3 is 40.3 Å². The standard InChI is InChI=1S/C12H25N3O.C11H20N2O2.C11H22N2O2/c1-10-5-6-11(13-2)12(16)15(9-10)8-7-14(3)4;1-8-4-5-10(12-3)11(15)13(6-8)7-9(2)14;1-9-4-5-10(12-2)11(14)13(8-9)6-7-15-3/h10-11,13H,5-9H2,1-4H3;8,10,12H,4-7H2,1-3H3;9-10,12H,4-8H2,1-3H3. The number of Topliss-reactive ketones (excluding diaryl/α,β-unsaturated/α-hetero) is 1. The number of likely N-dealkylation sites (tertiary alicyclic amines) is 3. The number of ketones is 1. The van der Waals surface area contributed by atoms with Gasteiger partial charge >= 0.3 is 0 Å². The van der Waals surface area contributed by atoms with Crippen LogP contribution in [0.25, 0.3) is 0 Å². The summed E-state index contributed by atoms with van der Waals surface area (Å²) in [6.45, 7) is 13.9. The van der Waals surface area contributed by atoms with Gasteiger partial charge in [0.25, 0.3) is 0 Å². The summed E-state index contributed by atoms with van der Waals surface area (Å²) in [6, 6.07) is -0.104. The highest BCUT2D eigenvalue weighted by atomic mass is 16.5. The second-order valence-electron chi connectivity index (χ2n) is 13.9. The summed E-state index contributed by atoms with van der Waals surface area (Å²) in [7, 11) is 11.3. The molecule has 3 aliphatic rings. The maximum atomic E-state index is 12.2. The smallest absolute Gasteiger partial charge is 0.240 e. The summed E-state index contributed by atoms with van der Waals surface area (Å²) in [4.78, 5) is 55.0. The zero-order chi connectivity index (χ0) is 34.8. The molecule has 3 rings (SSSR count). The summed E-state index contributed by atoms with van der Waals surface area (Å²) in [5.74, 6) is 2.29. The molecule has 3 saturated heterocycles. The van der Waals surface area contributed by atoms with E-state index >= 15 is 0 Å². The first kappa shape index (κ1) is 41.9. The van der Waals surface area contributed by atoms with Gasteiger partial charge in [-0.05, 0) is 98.4 Å². The maximum absolute atomic E-state index is 12.2. The monoisotopic (exact) mass is 654 g/mol. The Morgan fingerprint density at radius 3 is 1.41 bits per heavy atom. The van der Waals surface area contributed by atoms with E-state index in [-0.39, 0.29) is 48.2 Å². The molecule has 3 heterocycles. The average Bonchev–Trinajstić information content (AvgIpc) is 3.31. The number of hydrogen-bond acceptors (Lipinski definition) is 9. The molecule has 12 nitrogen and oxygen atoms in total. The number of carbonyl (C=O) groups excluding carboxylic acids is 4. The number of likely N-dealkylation sites (N-methyl/N-ethyl adjacent to an activating group) is 4. The molecule has 0 saturated carbocycles. The van der Waals surface area contributed by atoms with Gasteiger partial charge in [-0.2, -0.15) is 0 Å². The van der Waals surface area contributed by atoms with Crippen molar-refractivity contribution in [2.24, 2.45) is 17.8 Å². The summed E-state index contributed by atoms with van der Waals surface area (Å²) in [5, 5.41) is 9.23. The number of carbonyl (C=O) groups is 4. The van der Waals surface area contributed by atoms with Crippen LogP contribution in [-0.2, 0) is 23.9 Å². The van der Waals surface area contributed by atoms with Crippen molar-refractivity contribution in [2.45, 2.75) is 84.3 Å². The second kappa shape index (κ2) is 22.4. The highest BCUT2D eigenvalue weighted by Gasteiger charge is 2.30. The van der Waals surface area contributed by atoms with Crippen LogP contribution in [0, 0.1) is 17.8 Å². The molecule has 0 aliphatic carbocycles. The van der Waals surface area contributed by atoms with Crippen molar-refractivity contribution in [3.8, 4) is 0 Å². The molecule has 268 valence electrons.